The number of ether oxygens (including phenoxy) is 1. The van der Waals surface area contributed by atoms with Crippen molar-refractivity contribution in [1.29, 1.82) is 0 Å². The molecule has 0 radical (unpaired) electrons. The van der Waals surface area contributed by atoms with E-state index in [1.54, 1.807) is 0 Å². The highest BCUT2D eigenvalue weighted by molar-refractivity contribution is 5.89. The number of benzene rings is 2. The smallest absolute Gasteiger partial charge is 0.407 e. The van der Waals surface area contributed by atoms with Crippen LogP contribution in [0.15, 0.2) is 48.5 Å². The van der Waals surface area contributed by atoms with Gasteiger partial charge < -0.3 is 25.6 Å². The zero-order chi connectivity index (χ0) is 25.0. The minimum absolute atomic E-state index is 0.0924. The van der Waals surface area contributed by atoms with Crippen molar-refractivity contribution in [2.75, 3.05) is 6.61 Å². The predicted octanol–water partition coefficient (Wildman–Crippen LogP) is 3.28. The molecule has 1 aliphatic rings. The maximum absolute atomic E-state index is 12.8. The average Bonchev–Trinajstić information content (AvgIpc) is 3.08. The first-order chi connectivity index (χ1) is 16.0. The number of aliphatic hydroxyl groups excluding tert-OH is 1. The summed E-state index contributed by atoms with van der Waals surface area (Å²) in [4.78, 5) is 36.9. The largest absolute Gasteiger partial charge is 0.480 e. The molecule has 0 bridgehead atoms. The summed E-state index contributed by atoms with van der Waals surface area (Å²) in [6.07, 6.45) is -1.82. The molecule has 0 saturated heterocycles. The molecule has 3 unspecified atom stereocenters. The van der Waals surface area contributed by atoms with Gasteiger partial charge in [-0.1, -0.05) is 69.3 Å². The third-order valence-electron chi connectivity index (χ3n) is 5.81. The molecule has 1 aliphatic carbocycles. The number of carboxylic acid groups (broad SMARTS) is 1. The Kier molecular flexibility index (Phi) is 7.61. The van der Waals surface area contributed by atoms with Crippen LogP contribution in [0.2, 0.25) is 0 Å². The van der Waals surface area contributed by atoms with Crippen LogP contribution in [0.25, 0.3) is 11.1 Å². The van der Waals surface area contributed by atoms with Crippen molar-refractivity contribution in [2.45, 2.75) is 58.2 Å². The molecule has 0 saturated carbocycles. The van der Waals surface area contributed by atoms with E-state index in [1.165, 1.54) is 6.92 Å². The summed E-state index contributed by atoms with van der Waals surface area (Å²) in [6.45, 7) is 7.06. The fraction of sp³-hybridized carbons (Fsp3) is 0.423. The van der Waals surface area contributed by atoms with Crippen molar-refractivity contribution in [3.05, 3.63) is 59.7 Å². The second kappa shape index (κ2) is 10.3. The van der Waals surface area contributed by atoms with Crippen molar-refractivity contribution >= 4 is 18.0 Å². The molecule has 3 rings (SSSR count). The lowest BCUT2D eigenvalue weighted by atomic mass is 9.87. The molecule has 8 heteroatoms. The number of carbonyl (C=O) groups excluding carboxylic acids is 2. The second-order valence-electron chi connectivity index (χ2n) is 9.85. The molecule has 0 fully saturated rings. The maximum Gasteiger partial charge on any atom is 0.407 e. The van der Waals surface area contributed by atoms with Gasteiger partial charge in [-0.25, -0.2) is 9.59 Å². The predicted molar refractivity (Wildman–Crippen MR) is 127 cm³/mol. The van der Waals surface area contributed by atoms with Crippen LogP contribution in [0.1, 0.15) is 51.2 Å². The number of aliphatic hydroxyl groups is 1. The minimum Gasteiger partial charge on any atom is -0.480 e. The van der Waals surface area contributed by atoms with Crippen molar-refractivity contribution < 1.29 is 29.3 Å². The van der Waals surface area contributed by atoms with Crippen LogP contribution in [0, 0.1) is 5.41 Å². The molecule has 0 spiro atoms. The number of carboxylic acids is 1. The van der Waals surface area contributed by atoms with Gasteiger partial charge >= 0.3 is 12.1 Å². The van der Waals surface area contributed by atoms with Gasteiger partial charge in [-0.3, -0.25) is 4.79 Å². The van der Waals surface area contributed by atoms with E-state index < -0.39 is 36.2 Å². The van der Waals surface area contributed by atoms with Crippen LogP contribution in [-0.4, -0.2) is 53.0 Å². The van der Waals surface area contributed by atoms with E-state index >= 15 is 0 Å². The summed E-state index contributed by atoms with van der Waals surface area (Å²) >= 11 is 0. The van der Waals surface area contributed by atoms with Crippen LogP contribution in [0.3, 0.4) is 0 Å². The van der Waals surface area contributed by atoms with E-state index in [1.807, 2.05) is 69.3 Å². The third-order valence-corrected chi connectivity index (χ3v) is 5.81. The Balaban J connectivity index is 1.70. The molecule has 2 aromatic carbocycles. The number of amides is 2. The lowest BCUT2D eigenvalue weighted by Gasteiger charge is -2.27. The zero-order valence-corrected chi connectivity index (χ0v) is 19.9. The number of carbonyl (C=O) groups is 3. The van der Waals surface area contributed by atoms with Crippen LogP contribution in [0.4, 0.5) is 4.79 Å². The second-order valence-corrected chi connectivity index (χ2v) is 9.85. The van der Waals surface area contributed by atoms with Gasteiger partial charge in [0.25, 0.3) is 0 Å². The Morgan fingerprint density at radius 3 is 1.97 bits per heavy atom. The van der Waals surface area contributed by atoms with Crippen LogP contribution in [-0.2, 0) is 14.3 Å². The highest BCUT2D eigenvalue weighted by Gasteiger charge is 2.33. The zero-order valence-electron chi connectivity index (χ0n) is 19.9. The molecule has 3 atom stereocenters. The van der Waals surface area contributed by atoms with E-state index in [0.29, 0.717) is 0 Å². The van der Waals surface area contributed by atoms with E-state index in [4.69, 9.17) is 4.74 Å². The number of alkyl carbamates (subject to hydrolysis) is 1. The minimum atomic E-state index is -1.49. The molecule has 2 aromatic rings. The summed E-state index contributed by atoms with van der Waals surface area (Å²) < 4.78 is 5.54. The van der Waals surface area contributed by atoms with E-state index in [-0.39, 0.29) is 24.4 Å². The summed E-state index contributed by atoms with van der Waals surface area (Å²) in [6, 6.07) is 13.4. The van der Waals surface area contributed by atoms with E-state index in [2.05, 4.69) is 10.6 Å². The summed E-state index contributed by atoms with van der Waals surface area (Å²) in [5, 5.41) is 23.8. The molecule has 8 nitrogen and oxygen atoms in total. The van der Waals surface area contributed by atoms with Crippen LogP contribution >= 0.6 is 0 Å². The average molecular weight is 469 g/mol. The van der Waals surface area contributed by atoms with Gasteiger partial charge in [-0.05, 0) is 41.0 Å². The summed E-state index contributed by atoms with van der Waals surface area (Å²) in [5.41, 5.74) is 4.01. The quantitative estimate of drug-likeness (QED) is 0.471. The van der Waals surface area contributed by atoms with Crippen molar-refractivity contribution in [1.82, 2.24) is 10.6 Å². The Bertz CT molecular complexity index is 1010. The highest BCUT2D eigenvalue weighted by atomic mass is 16.5. The normalized spacial score (nSPS) is 15.4. The number of fused-ring (bicyclic) bond motifs is 3. The SMILES string of the molecule is CC(O)C(NC(=O)C(CC(C)(C)C)NC(=O)OCC1c2ccccc2-c2ccccc21)C(=O)O. The molecule has 2 amide bonds. The van der Waals surface area contributed by atoms with Crippen molar-refractivity contribution in [3.63, 3.8) is 0 Å². The molecule has 34 heavy (non-hydrogen) atoms. The standard InChI is InChI=1S/C26H32N2O6/c1-15(29)22(24(31)32)28-23(30)21(13-26(2,3)4)27-25(33)34-14-20-18-11-7-5-9-16(18)17-10-6-8-12-19(17)20/h5-12,15,20-22,29H,13-14H2,1-4H3,(H,27,33)(H,28,30)(H,31,32). The highest BCUT2D eigenvalue weighted by Crippen LogP contribution is 2.44. The first-order valence-electron chi connectivity index (χ1n) is 11.3. The van der Waals surface area contributed by atoms with Crippen molar-refractivity contribution in [2.24, 2.45) is 5.41 Å². The number of hydrogen-bond donors (Lipinski definition) is 4. The topological polar surface area (TPSA) is 125 Å². The van der Waals surface area contributed by atoms with Gasteiger partial charge in [0.05, 0.1) is 6.10 Å². The summed E-state index contributed by atoms with van der Waals surface area (Å²) in [5.74, 6) is -2.18. The molecule has 182 valence electrons. The summed E-state index contributed by atoms with van der Waals surface area (Å²) in [7, 11) is 0. The number of nitrogens with one attached hydrogen (secondary N) is 2. The first-order valence-corrected chi connectivity index (χ1v) is 11.3. The molecule has 0 heterocycles. The molecular formula is C26H32N2O6. The van der Waals surface area contributed by atoms with Gasteiger partial charge in [0.15, 0.2) is 6.04 Å². The van der Waals surface area contributed by atoms with E-state index in [9.17, 15) is 24.6 Å². The van der Waals surface area contributed by atoms with Crippen LogP contribution < -0.4 is 10.6 Å². The Morgan fingerprint density at radius 1 is 0.971 bits per heavy atom. The molecular weight excluding hydrogens is 436 g/mol. The monoisotopic (exact) mass is 468 g/mol. The lowest BCUT2D eigenvalue weighted by Crippen LogP contribution is -2.55. The third kappa shape index (κ3) is 5.94. The van der Waals surface area contributed by atoms with Gasteiger partial charge in [-0.15, -0.1) is 0 Å². The Hall–Kier alpha value is -3.39. The van der Waals surface area contributed by atoms with Gasteiger partial charge in [0.2, 0.25) is 5.91 Å². The van der Waals surface area contributed by atoms with Gasteiger partial charge in [0, 0.05) is 5.92 Å². The molecule has 0 aliphatic heterocycles. The van der Waals surface area contributed by atoms with E-state index in [0.717, 1.165) is 22.3 Å². The first kappa shape index (κ1) is 25.2. The van der Waals surface area contributed by atoms with Gasteiger partial charge in [0.1, 0.15) is 12.6 Å². The Morgan fingerprint density at radius 2 is 1.50 bits per heavy atom. The molecule has 0 aromatic heterocycles. The number of rotatable bonds is 8. The number of aliphatic carboxylic acids is 1. The lowest BCUT2D eigenvalue weighted by molar-refractivity contribution is -0.145. The Labute approximate surface area is 199 Å². The fourth-order valence-electron chi connectivity index (χ4n) is 4.25. The van der Waals surface area contributed by atoms with Crippen molar-refractivity contribution in [3.8, 4) is 11.1 Å². The van der Waals surface area contributed by atoms with Gasteiger partial charge in [-0.2, -0.15) is 0 Å². The molecule has 4 N–H and O–H groups in total. The fourth-order valence-corrected chi connectivity index (χ4v) is 4.25. The maximum atomic E-state index is 12.8. The van der Waals surface area contributed by atoms with Crippen LogP contribution in [0.5, 0.6) is 0 Å². The number of hydrogen-bond acceptors (Lipinski definition) is 5.